The number of nitrogens with zero attached hydrogens (tertiary/aromatic N) is 2. The number of amides is 1. The second-order valence-electron chi connectivity index (χ2n) is 10.3. The average molecular weight is 601 g/mol. The molecule has 0 bridgehead atoms. The summed E-state index contributed by atoms with van der Waals surface area (Å²) >= 11 is 11.4. The summed E-state index contributed by atoms with van der Waals surface area (Å²) in [5, 5.41) is 1.84. The van der Waals surface area contributed by atoms with Crippen molar-refractivity contribution in [2.75, 3.05) is 13.1 Å². The maximum absolute atomic E-state index is 15.3. The number of hydrogen-bond acceptors (Lipinski definition) is 4. The van der Waals surface area contributed by atoms with Gasteiger partial charge < -0.3 is 14.5 Å². The van der Waals surface area contributed by atoms with Gasteiger partial charge in [0.25, 0.3) is 5.60 Å². The highest BCUT2D eigenvalue weighted by Gasteiger charge is 2.63. The molecule has 2 aromatic carbocycles. The van der Waals surface area contributed by atoms with Gasteiger partial charge in [0.1, 0.15) is 5.60 Å². The Balaban J connectivity index is 1.56. The number of ether oxygens (including phenoxy) is 1. The molecule has 0 radical (unpaired) electrons. The second-order valence-corrected chi connectivity index (χ2v) is 11.1. The van der Waals surface area contributed by atoms with Crippen LogP contribution in [-0.2, 0) is 27.0 Å². The Labute approximate surface area is 228 Å². The number of halogens is 9. The molecule has 1 saturated heterocycles. The van der Waals surface area contributed by atoms with Gasteiger partial charge in [-0.15, -0.1) is 0 Å². The Bertz CT molecular complexity index is 1320. The fraction of sp³-hybridized carbons (Fsp3) is 0.440. The van der Waals surface area contributed by atoms with Gasteiger partial charge in [-0.3, -0.25) is 0 Å². The van der Waals surface area contributed by atoms with E-state index in [1.54, 1.807) is 20.8 Å². The summed E-state index contributed by atoms with van der Waals surface area (Å²) in [5.41, 5.74) is -8.31. The summed E-state index contributed by atoms with van der Waals surface area (Å²) in [6.45, 7) is 4.46. The number of hydrogen-bond donors (Lipinski definition) is 0. The van der Waals surface area contributed by atoms with Gasteiger partial charge >= 0.3 is 18.4 Å². The molecule has 1 fully saturated rings. The van der Waals surface area contributed by atoms with Gasteiger partial charge in [-0.2, -0.15) is 26.3 Å². The molecule has 5 nitrogen and oxygen atoms in total. The lowest BCUT2D eigenvalue weighted by molar-refractivity contribution is -0.276. The molecule has 4 rings (SSSR count). The smallest absolute Gasteiger partial charge is 0.435 e. The summed E-state index contributed by atoms with van der Waals surface area (Å²) < 4.78 is 104. The van der Waals surface area contributed by atoms with Crippen molar-refractivity contribution in [2.24, 2.45) is 5.16 Å². The Hall–Kier alpha value is -2.73. The van der Waals surface area contributed by atoms with Crippen molar-refractivity contribution >= 4 is 35.0 Å². The predicted molar refractivity (Wildman–Crippen MR) is 128 cm³/mol. The number of rotatable bonds is 3. The van der Waals surface area contributed by atoms with E-state index in [0.29, 0.717) is 6.07 Å². The lowest BCUT2D eigenvalue weighted by Crippen LogP contribution is -2.59. The first kappa shape index (κ1) is 29.3. The van der Waals surface area contributed by atoms with Crippen molar-refractivity contribution in [3.63, 3.8) is 0 Å². The molecule has 2 aliphatic heterocycles. The SMILES string of the molecule is CC(C)(C)OC(=O)N1CC(F)(c2ccc(C3=NO[C@@](c4cc(Cl)c(Cl)c(C(F)(F)F)c4)(C(F)(F)F)C3)cc2)C1. The van der Waals surface area contributed by atoms with E-state index in [2.05, 4.69) is 5.16 Å². The Morgan fingerprint density at radius 2 is 1.59 bits per heavy atom. The van der Waals surface area contributed by atoms with E-state index in [4.69, 9.17) is 32.8 Å². The van der Waals surface area contributed by atoms with Crippen molar-refractivity contribution in [2.45, 2.75) is 56.4 Å². The number of benzene rings is 2. The van der Waals surface area contributed by atoms with Crippen LogP contribution < -0.4 is 0 Å². The van der Waals surface area contributed by atoms with Gasteiger partial charge in [-0.1, -0.05) is 52.6 Å². The van der Waals surface area contributed by atoms with E-state index in [0.717, 1.165) is 0 Å². The number of carbonyl (C=O) groups excluding carboxylic acids is 1. The third kappa shape index (κ3) is 5.50. The Morgan fingerprint density at radius 1 is 1.00 bits per heavy atom. The molecule has 2 heterocycles. The summed E-state index contributed by atoms with van der Waals surface area (Å²) in [4.78, 5) is 18.1. The van der Waals surface area contributed by atoms with Crippen molar-refractivity contribution in [3.8, 4) is 0 Å². The van der Waals surface area contributed by atoms with Crippen LogP contribution in [0.4, 0.5) is 35.5 Å². The molecule has 212 valence electrons. The molecule has 2 aliphatic rings. The van der Waals surface area contributed by atoms with Gasteiger partial charge in [-0.25, -0.2) is 9.18 Å². The largest absolute Gasteiger partial charge is 0.444 e. The predicted octanol–water partition coefficient (Wildman–Crippen LogP) is 8.01. The van der Waals surface area contributed by atoms with Gasteiger partial charge in [0, 0.05) is 12.0 Å². The molecule has 0 aromatic heterocycles. The topological polar surface area (TPSA) is 51.1 Å². The fourth-order valence-corrected chi connectivity index (χ4v) is 4.68. The summed E-state index contributed by atoms with van der Waals surface area (Å²) in [6.07, 6.45) is -11.9. The molecule has 1 amide bonds. The number of likely N-dealkylation sites (tertiary alicyclic amines) is 1. The number of alkyl halides is 7. The first-order valence-corrected chi connectivity index (χ1v) is 12.2. The molecule has 2 aromatic rings. The average Bonchev–Trinajstić information content (AvgIpc) is 3.24. The summed E-state index contributed by atoms with van der Waals surface area (Å²) in [6, 6.07) is 6.20. The maximum atomic E-state index is 15.3. The molecular weight excluding hydrogens is 580 g/mol. The highest BCUT2D eigenvalue weighted by Crippen LogP contribution is 2.51. The van der Waals surface area contributed by atoms with Gasteiger partial charge in [-0.05, 0) is 44.0 Å². The molecule has 0 saturated carbocycles. The van der Waals surface area contributed by atoms with E-state index >= 15 is 4.39 Å². The fourth-order valence-electron chi connectivity index (χ4n) is 4.25. The lowest BCUT2D eigenvalue weighted by atomic mass is 9.84. The van der Waals surface area contributed by atoms with Crippen molar-refractivity contribution < 1.29 is 45.1 Å². The zero-order chi connectivity index (χ0) is 29.2. The normalized spacial score (nSPS) is 21.2. The minimum Gasteiger partial charge on any atom is -0.444 e. The highest BCUT2D eigenvalue weighted by atomic mass is 35.5. The minimum absolute atomic E-state index is 0.132. The third-order valence-electron chi connectivity index (χ3n) is 6.26. The Kier molecular flexibility index (Phi) is 7.08. The van der Waals surface area contributed by atoms with Crippen molar-refractivity contribution in [1.29, 1.82) is 0 Å². The van der Waals surface area contributed by atoms with Crippen LogP contribution in [0.3, 0.4) is 0 Å². The summed E-state index contributed by atoms with van der Waals surface area (Å²) in [7, 11) is 0. The lowest BCUT2D eigenvalue weighted by Gasteiger charge is -2.44. The van der Waals surface area contributed by atoms with Crippen LogP contribution in [0.5, 0.6) is 0 Å². The second kappa shape index (κ2) is 9.43. The van der Waals surface area contributed by atoms with Crippen LogP contribution >= 0.6 is 23.2 Å². The maximum Gasteiger partial charge on any atom is 0.435 e. The van der Waals surface area contributed by atoms with Crippen LogP contribution in [0.2, 0.25) is 10.0 Å². The quantitative estimate of drug-likeness (QED) is 0.335. The standard InChI is InChI=1S/C25H21Cl2F7N2O3/c1-21(2,3)38-20(37)36-11-22(28,12-36)14-6-4-13(5-7-14)18-10-23(39-35-18,25(32,33)34)15-8-16(24(29,30)31)19(27)17(26)9-15/h4-9H,10-12H2,1-3H3/t23-/m0/s1. The van der Waals surface area contributed by atoms with Crippen LogP contribution in [0, 0.1) is 0 Å². The minimum atomic E-state index is -5.20. The molecule has 0 aliphatic carbocycles. The first-order valence-electron chi connectivity index (χ1n) is 11.4. The first-order chi connectivity index (χ1) is 17.8. The molecule has 0 unspecified atom stereocenters. The van der Waals surface area contributed by atoms with Crippen LogP contribution in [0.1, 0.15) is 49.4 Å². The van der Waals surface area contributed by atoms with E-state index in [1.165, 1.54) is 29.2 Å². The van der Waals surface area contributed by atoms with E-state index in [9.17, 15) is 31.1 Å². The van der Waals surface area contributed by atoms with Gasteiger partial charge in [0.15, 0.2) is 5.67 Å². The molecular formula is C25H21Cl2F7N2O3. The molecule has 0 N–H and O–H groups in total. The zero-order valence-corrected chi connectivity index (χ0v) is 22.1. The molecule has 14 heteroatoms. The van der Waals surface area contributed by atoms with E-state index in [1.807, 2.05) is 0 Å². The summed E-state index contributed by atoms with van der Waals surface area (Å²) in [5.74, 6) is 0. The Morgan fingerprint density at radius 3 is 2.10 bits per heavy atom. The van der Waals surface area contributed by atoms with Crippen molar-refractivity contribution in [1.82, 2.24) is 4.90 Å². The highest BCUT2D eigenvalue weighted by molar-refractivity contribution is 6.42. The molecule has 39 heavy (non-hydrogen) atoms. The monoisotopic (exact) mass is 600 g/mol. The van der Waals surface area contributed by atoms with Crippen LogP contribution in [-0.4, -0.2) is 41.6 Å². The van der Waals surface area contributed by atoms with Crippen LogP contribution in [0.15, 0.2) is 41.6 Å². The van der Waals surface area contributed by atoms with Gasteiger partial charge in [0.05, 0.1) is 34.4 Å². The number of carbonyl (C=O) groups is 1. The van der Waals surface area contributed by atoms with E-state index in [-0.39, 0.29) is 36.0 Å². The van der Waals surface area contributed by atoms with Crippen LogP contribution in [0.25, 0.3) is 0 Å². The van der Waals surface area contributed by atoms with Crippen molar-refractivity contribution in [3.05, 3.63) is 68.7 Å². The third-order valence-corrected chi connectivity index (χ3v) is 7.06. The number of oxime groups is 1. The molecule has 1 atom stereocenters. The van der Waals surface area contributed by atoms with Gasteiger partial charge in [0.2, 0.25) is 0 Å². The zero-order valence-electron chi connectivity index (χ0n) is 20.6. The molecule has 0 spiro atoms. The van der Waals surface area contributed by atoms with E-state index < -0.39 is 62.9 Å².